The van der Waals surface area contributed by atoms with Gasteiger partial charge < -0.3 is 14.5 Å². The fourth-order valence-electron chi connectivity index (χ4n) is 3.02. The fraction of sp³-hybridized carbons (Fsp3) is 0.500. The Hall–Kier alpha value is -1.80. The van der Waals surface area contributed by atoms with E-state index in [2.05, 4.69) is 26.1 Å². The van der Waals surface area contributed by atoms with Crippen LogP contribution < -0.4 is 11.1 Å². The highest BCUT2D eigenvalue weighted by Crippen LogP contribution is 2.20. The van der Waals surface area contributed by atoms with Crippen LogP contribution in [0.3, 0.4) is 0 Å². The van der Waals surface area contributed by atoms with E-state index < -0.39 is 0 Å². The molecule has 1 aliphatic heterocycles. The molecule has 0 radical (unpaired) electrons. The number of ether oxygens (including phenoxy) is 1. The van der Waals surface area contributed by atoms with Crippen molar-refractivity contribution in [1.82, 2.24) is 14.8 Å². The number of alkyl carbamates (subject to hydrolysis) is 1. The van der Waals surface area contributed by atoms with Crippen molar-refractivity contribution >= 4 is 33.1 Å². The number of rotatable bonds is 4. The number of carbonyl (C=O) groups excluding carboxylic acids is 1. The van der Waals surface area contributed by atoms with Gasteiger partial charge in [0.05, 0.1) is 18.8 Å². The predicted molar refractivity (Wildman–Crippen MR) is 92.9 cm³/mol. The number of fused-ring (bicyclic) bond motifs is 1. The first-order chi connectivity index (χ1) is 11.6. The molecule has 2 aromatic rings. The number of amides is 1. The van der Waals surface area contributed by atoms with E-state index in [4.69, 9.17) is 9.15 Å². The van der Waals surface area contributed by atoms with Gasteiger partial charge in [-0.05, 0) is 44.5 Å². The van der Waals surface area contributed by atoms with E-state index in [9.17, 15) is 9.59 Å². The minimum absolute atomic E-state index is 0.0285. The van der Waals surface area contributed by atoms with Crippen molar-refractivity contribution in [3.63, 3.8) is 0 Å². The van der Waals surface area contributed by atoms with Crippen LogP contribution in [0.1, 0.15) is 19.8 Å². The number of aromatic nitrogens is 1. The van der Waals surface area contributed by atoms with Crippen molar-refractivity contribution in [2.24, 2.45) is 0 Å². The Morgan fingerprint density at radius 2 is 2.33 bits per heavy atom. The first-order valence-electron chi connectivity index (χ1n) is 8.01. The summed E-state index contributed by atoms with van der Waals surface area (Å²) in [5.41, 5.74) is 1.33. The molecule has 1 aromatic heterocycles. The minimum atomic E-state index is -0.389. The second-order valence-corrected chi connectivity index (χ2v) is 6.75. The van der Waals surface area contributed by atoms with E-state index in [1.807, 2.05) is 12.1 Å². The molecule has 2 heterocycles. The van der Waals surface area contributed by atoms with Gasteiger partial charge in [0.2, 0.25) is 0 Å². The van der Waals surface area contributed by atoms with Gasteiger partial charge in [0.25, 0.3) is 0 Å². The molecule has 0 spiro atoms. The number of oxazole rings is 1. The maximum atomic E-state index is 12.1. The molecule has 1 N–H and O–H groups in total. The van der Waals surface area contributed by atoms with Crippen LogP contribution in [0.4, 0.5) is 4.79 Å². The highest BCUT2D eigenvalue weighted by atomic mass is 79.9. The lowest BCUT2D eigenvalue weighted by atomic mass is 10.1. The third-order valence-corrected chi connectivity index (χ3v) is 4.57. The first-order valence-corrected chi connectivity index (χ1v) is 8.80. The number of piperidine rings is 1. The van der Waals surface area contributed by atoms with E-state index in [0.717, 1.165) is 29.4 Å². The van der Waals surface area contributed by atoms with Gasteiger partial charge in [-0.3, -0.25) is 9.47 Å². The third-order valence-electron chi connectivity index (χ3n) is 4.07. The van der Waals surface area contributed by atoms with Crippen molar-refractivity contribution in [3.8, 4) is 0 Å². The summed E-state index contributed by atoms with van der Waals surface area (Å²) in [7, 11) is 0. The summed E-state index contributed by atoms with van der Waals surface area (Å²) in [6.07, 6.45) is 1.47. The van der Waals surface area contributed by atoms with Crippen LogP contribution in [0.25, 0.3) is 11.1 Å². The quantitative estimate of drug-likeness (QED) is 0.857. The molecule has 0 saturated carbocycles. The van der Waals surface area contributed by atoms with Crippen LogP contribution in [-0.4, -0.2) is 41.3 Å². The number of benzene rings is 1. The zero-order chi connectivity index (χ0) is 17.1. The highest BCUT2D eigenvalue weighted by molar-refractivity contribution is 9.10. The molecule has 0 bridgehead atoms. The summed E-state index contributed by atoms with van der Waals surface area (Å²) in [6, 6.07) is 5.56. The number of nitrogens with zero attached hydrogens (tertiary/aromatic N) is 2. The lowest BCUT2D eigenvalue weighted by Gasteiger charge is -2.32. The van der Waals surface area contributed by atoms with Crippen LogP contribution in [0.5, 0.6) is 0 Å². The van der Waals surface area contributed by atoms with E-state index in [0.29, 0.717) is 25.4 Å². The average molecular weight is 398 g/mol. The summed E-state index contributed by atoms with van der Waals surface area (Å²) < 4.78 is 12.7. The lowest BCUT2D eigenvalue weighted by molar-refractivity contribution is 0.123. The van der Waals surface area contributed by atoms with Gasteiger partial charge in [0.15, 0.2) is 5.58 Å². The van der Waals surface area contributed by atoms with Crippen LogP contribution in [0.2, 0.25) is 0 Å². The standard InChI is InChI=1S/C16H20BrN3O4/c1-2-23-15(21)18-12-4-3-7-19(9-12)10-20-13-6-5-11(17)8-14(13)24-16(20)22/h5-6,8,12H,2-4,7,9-10H2,1H3,(H,18,21)/t12-/m1/s1. The Kier molecular flexibility index (Phi) is 5.25. The maximum Gasteiger partial charge on any atom is 0.421 e. The van der Waals surface area contributed by atoms with Gasteiger partial charge in [-0.25, -0.2) is 9.59 Å². The molecule has 3 rings (SSSR count). The van der Waals surface area contributed by atoms with Crippen LogP contribution in [0, 0.1) is 0 Å². The molecule has 1 amide bonds. The third kappa shape index (κ3) is 3.81. The van der Waals surface area contributed by atoms with Gasteiger partial charge in [-0.1, -0.05) is 15.9 Å². The Bertz CT molecular complexity index is 785. The molecule has 1 saturated heterocycles. The lowest BCUT2D eigenvalue weighted by Crippen LogP contribution is -2.48. The van der Waals surface area contributed by atoms with Crippen LogP contribution in [-0.2, 0) is 11.4 Å². The normalized spacial score (nSPS) is 18.7. The molecular weight excluding hydrogens is 378 g/mol. The summed E-state index contributed by atoms with van der Waals surface area (Å²) >= 11 is 3.37. The second-order valence-electron chi connectivity index (χ2n) is 5.83. The van der Waals surface area contributed by atoms with E-state index in [1.165, 1.54) is 0 Å². The molecule has 130 valence electrons. The topological polar surface area (TPSA) is 76.7 Å². The van der Waals surface area contributed by atoms with E-state index >= 15 is 0 Å². The molecular formula is C16H20BrN3O4. The Labute approximate surface area is 147 Å². The molecule has 1 aliphatic rings. The molecule has 0 unspecified atom stereocenters. The molecule has 24 heavy (non-hydrogen) atoms. The van der Waals surface area contributed by atoms with Crippen molar-refractivity contribution in [1.29, 1.82) is 0 Å². The predicted octanol–water partition coefficient (Wildman–Crippen LogP) is 2.53. The summed E-state index contributed by atoms with van der Waals surface area (Å²) in [6.45, 7) is 4.12. The Morgan fingerprint density at radius 1 is 1.50 bits per heavy atom. The fourth-order valence-corrected chi connectivity index (χ4v) is 3.36. The zero-order valence-electron chi connectivity index (χ0n) is 13.5. The SMILES string of the molecule is CCOC(=O)N[C@@H]1CCCN(Cn2c(=O)oc3cc(Br)ccc32)C1. The van der Waals surface area contributed by atoms with Gasteiger partial charge in [-0.2, -0.15) is 0 Å². The van der Waals surface area contributed by atoms with Gasteiger partial charge in [0, 0.05) is 17.1 Å². The number of hydrogen-bond donors (Lipinski definition) is 1. The minimum Gasteiger partial charge on any atom is -0.450 e. The summed E-state index contributed by atoms with van der Waals surface area (Å²) in [5.74, 6) is -0.372. The van der Waals surface area contributed by atoms with Gasteiger partial charge >= 0.3 is 11.8 Å². The van der Waals surface area contributed by atoms with Crippen molar-refractivity contribution < 1.29 is 13.9 Å². The molecule has 1 fully saturated rings. The monoisotopic (exact) mass is 397 g/mol. The molecule has 7 nitrogen and oxygen atoms in total. The number of hydrogen-bond acceptors (Lipinski definition) is 5. The van der Waals surface area contributed by atoms with E-state index in [1.54, 1.807) is 17.6 Å². The molecule has 8 heteroatoms. The Balaban J connectivity index is 1.71. The van der Waals surface area contributed by atoms with Gasteiger partial charge in [-0.15, -0.1) is 0 Å². The van der Waals surface area contributed by atoms with Crippen LogP contribution >= 0.6 is 15.9 Å². The Morgan fingerprint density at radius 3 is 3.12 bits per heavy atom. The second kappa shape index (κ2) is 7.40. The largest absolute Gasteiger partial charge is 0.450 e. The van der Waals surface area contributed by atoms with E-state index in [-0.39, 0.29) is 17.9 Å². The smallest absolute Gasteiger partial charge is 0.421 e. The molecule has 0 aliphatic carbocycles. The summed E-state index contributed by atoms with van der Waals surface area (Å²) in [4.78, 5) is 25.8. The highest BCUT2D eigenvalue weighted by Gasteiger charge is 2.23. The number of carbonyl (C=O) groups is 1. The maximum absolute atomic E-state index is 12.1. The van der Waals surface area contributed by atoms with Crippen molar-refractivity contribution in [2.45, 2.75) is 32.5 Å². The van der Waals surface area contributed by atoms with Crippen LogP contribution in [0.15, 0.2) is 31.9 Å². The van der Waals surface area contributed by atoms with Crippen molar-refractivity contribution in [2.75, 3.05) is 19.7 Å². The zero-order valence-corrected chi connectivity index (χ0v) is 15.0. The average Bonchev–Trinajstić information content (AvgIpc) is 2.83. The summed E-state index contributed by atoms with van der Waals surface area (Å²) in [5, 5.41) is 2.87. The number of likely N-dealkylation sites (tertiary alicyclic amines) is 1. The van der Waals surface area contributed by atoms with Crippen molar-refractivity contribution in [3.05, 3.63) is 33.2 Å². The molecule has 1 aromatic carbocycles. The first kappa shape index (κ1) is 17.0. The number of nitrogens with one attached hydrogen (secondary N) is 1. The van der Waals surface area contributed by atoms with Gasteiger partial charge in [0.1, 0.15) is 0 Å². The molecule has 1 atom stereocenters. The number of halogens is 1.